The van der Waals surface area contributed by atoms with Gasteiger partial charge in [-0.2, -0.15) is 13.2 Å². The van der Waals surface area contributed by atoms with Crippen molar-refractivity contribution in [2.45, 2.75) is 25.4 Å². The summed E-state index contributed by atoms with van der Waals surface area (Å²) in [4.78, 5) is 24.5. The van der Waals surface area contributed by atoms with Crippen molar-refractivity contribution in [3.05, 3.63) is 0 Å². The molecule has 0 saturated heterocycles. The third-order valence-corrected chi connectivity index (χ3v) is 3.37. The second kappa shape index (κ2) is 5.77. The summed E-state index contributed by atoms with van der Waals surface area (Å²) in [5, 5.41) is 1.72. The minimum absolute atomic E-state index is 0.195. The first kappa shape index (κ1) is 15.7. The number of amides is 2. The summed E-state index contributed by atoms with van der Waals surface area (Å²) >= 11 is 0. The van der Waals surface area contributed by atoms with Crippen LogP contribution in [0.3, 0.4) is 0 Å². The Balaban J connectivity index is 2.44. The fourth-order valence-corrected chi connectivity index (χ4v) is 2.06. The Morgan fingerprint density at radius 1 is 1.37 bits per heavy atom. The minimum atomic E-state index is -4.45. The van der Waals surface area contributed by atoms with Crippen molar-refractivity contribution in [3.63, 3.8) is 0 Å². The maximum Gasteiger partial charge on any atom is 0.405 e. The molecule has 0 heterocycles. The van der Waals surface area contributed by atoms with Crippen molar-refractivity contribution in [3.8, 4) is 0 Å². The van der Waals surface area contributed by atoms with Gasteiger partial charge in [0.2, 0.25) is 11.8 Å². The molecule has 0 aliphatic heterocycles. The number of nitrogens with one attached hydrogen (secondary N) is 1. The molecule has 8 heteroatoms. The van der Waals surface area contributed by atoms with Gasteiger partial charge in [0.05, 0.1) is 12.0 Å². The lowest BCUT2D eigenvalue weighted by molar-refractivity contribution is -0.149. The van der Waals surface area contributed by atoms with E-state index in [1.54, 1.807) is 5.32 Å². The number of carbonyl (C=O) groups is 2. The van der Waals surface area contributed by atoms with Gasteiger partial charge >= 0.3 is 6.18 Å². The Morgan fingerprint density at radius 2 is 1.95 bits per heavy atom. The Hall–Kier alpha value is -1.31. The number of alkyl halides is 3. The summed E-state index contributed by atoms with van der Waals surface area (Å²) in [6.07, 6.45) is -2.23. The van der Waals surface area contributed by atoms with Gasteiger partial charge in [0.1, 0.15) is 6.54 Å². The molecule has 1 aliphatic rings. The number of rotatable bonds is 5. The molecule has 0 bridgehead atoms. The summed E-state index contributed by atoms with van der Waals surface area (Å²) in [5.41, 5.74) is 4.93. The van der Waals surface area contributed by atoms with E-state index in [0.717, 1.165) is 11.3 Å². The summed E-state index contributed by atoms with van der Waals surface area (Å²) < 4.78 is 35.7. The average molecular weight is 281 g/mol. The highest BCUT2D eigenvalue weighted by molar-refractivity contribution is 5.88. The van der Waals surface area contributed by atoms with Gasteiger partial charge in [0.25, 0.3) is 0 Å². The monoisotopic (exact) mass is 281 g/mol. The van der Waals surface area contributed by atoms with Crippen LogP contribution in [0, 0.1) is 5.41 Å². The van der Waals surface area contributed by atoms with E-state index in [-0.39, 0.29) is 12.5 Å². The van der Waals surface area contributed by atoms with Gasteiger partial charge in [-0.25, -0.2) is 0 Å². The number of hydrogen-bond donors (Lipinski definition) is 2. The number of nitrogens with two attached hydrogens (primary N) is 1. The van der Waals surface area contributed by atoms with E-state index >= 15 is 0 Å². The van der Waals surface area contributed by atoms with Crippen molar-refractivity contribution in [2.75, 3.05) is 26.7 Å². The van der Waals surface area contributed by atoms with Crippen molar-refractivity contribution in [1.29, 1.82) is 0 Å². The molecule has 0 unspecified atom stereocenters. The largest absolute Gasteiger partial charge is 0.405 e. The van der Waals surface area contributed by atoms with Crippen LogP contribution in [0.15, 0.2) is 0 Å². The fourth-order valence-electron chi connectivity index (χ4n) is 2.06. The summed E-state index contributed by atoms with van der Waals surface area (Å²) in [6, 6.07) is 0. The van der Waals surface area contributed by atoms with E-state index in [4.69, 9.17) is 5.73 Å². The number of nitrogens with zero attached hydrogens (tertiary/aromatic N) is 1. The van der Waals surface area contributed by atoms with Crippen LogP contribution >= 0.6 is 0 Å². The molecule has 0 spiro atoms. The van der Waals surface area contributed by atoms with Crippen molar-refractivity contribution >= 4 is 11.8 Å². The highest BCUT2D eigenvalue weighted by Gasteiger charge is 2.44. The molecule has 19 heavy (non-hydrogen) atoms. The van der Waals surface area contributed by atoms with Crippen molar-refractivity contribution in [1.82, 2.24) is 10.2 Å². The maximum absolute atomic E-state index is 12.1. The molecule has 0 aromatic rings. The first-order valence-electron chi connectivity index (χ1n) is 5.99. The lowest BCUT2D eigenvalue weighted by atomic mass is 9.68. The molecule has 0 atom stereocenters. The van der Waals surface area contributed by atoms with Crippen molar-refractivity contribution < 1.29 is 22.8 Å². The molecule has 2 amide bonds. The van der Waals surface area contributed by atoms with Crippen LogP contribution in [0.1, 0.15) is 19.3 Å². The lowest BCUT2D eigenvalue weighted by Crippen LogP contribution is -2.53. The van der Waals surface area contributed by atoms with Gasteiger partial charge < -0.3 is 16.0 Å². The standard InChI is InChI=1S/C11H18F3N3O2/c1-17(5-8(18)16-7-11(12,13)14)9(19)10(6-15)3-2-4-10/h2-7,15H2,1H3,(H,16,18). The quantitative estimate of drug-likeness (QED) is 0.758. The van der Waals surface area contributed by atoms with E-state index in [1.807, 2.05) is 0 Å². The smallest absolute Gasteiger partial charge is 0.345 e. The predicted molar refractivity (Wildman–Crippen MR) is 62.0 cm³/mol. The van der Waals surface area contributed by atoms with Gasteiger partial charge in [0.15, 0.2) is 0 Å². The fraction of sp³-hybridized carbons (Fsp3) is 0.818. The van der Waals surface area contributed by atoms with E-state index in [1.165, 1.54) is 7.05 Å². The molecule has 1 fully saturated rings. The Kier molecular flexibility index (Phi) is 4.78. The average Bonchev–Trinajstić information content (AvgIpc) is 2.24. The topological polar surface area (TPSA) is 75.4 Å². The Labute approximate surface area is 109 Å². The SMILES string of the molecule is CN(CC(=O)NCC(F)(F)F)C(=O)C1(CN)CCC1. The number of halogens is 3. The Bertz CT molecular complexity index is 348. The first-order chi connectivity index (χ1) is 8.70. The lowest BCUT2D eigenvalue weighted by Gasteiger charge is -2.41. The van der Waals surface area contributed by atoms with Gasteiger partial charge in [-0.15, -0.1) is 0 Å². The molecule has 5 nitrogen and oxygen atoms in total. The zero-order chi connectivity index (χ0) is 14.7. The minimum Gasteiger partial charge on any atom is -0.345 e. The van der Waals surface area contributed by atoms with Crippen LogP contribution in [-0.4, -0.2) is 49.6 Å². The van der Waals surface area contributed by atoms with Gasteiger partial charge in [-0.1, -0.05) is 6.42 Å². The van der Waals surface area contributed by atoms with Crippen molar-refractivity contribution in [2.24, 2.45) is 11.1 Å². The van der Waals surface area contributed by atoms with Crippen LogP contribution in [0.4, 0.5) is 13.2 Å². The second-order valence-corrected chi connectivity index (χ2v) is 4.89. The highest BCUT2D eigenvalue weighted by Crippen LogP contribution is 2.41. The zero-order valence-corrected chi connectivity index (χ0v) is 10.7. The first-order valence-corrected chi connectivity index (χ1v) is 5.99. The highest BCUT2D eigenvalue weighted by atomic mass is 19.4. The number of likely N-dealkylation sites (N-methyl/N-ethyl adjacent to an activating group) is 1. The van der Waals surface area contributed by atoms with Gasteiger partial charge in [-0.3, -0.25) is 9.59 Å². The molecule has 1 rings (SSSR count). The van der Waals surface area contributed by atoms with Crippen LogP contribution in [-0.2, 0) is 9.59 Å². The van der Waals surface area contributed by atoms with Crippen LogP contribution in [0.5, 0.6) is 0 Å². The molecule has 0 radical (unpaired) electrons. The molecular weight excluding hydrogens is 263 g/mol. The van der Waals surface area contributed by atoms with Gasteiger partial charge in [0, 0.05) is 13.6 Å². The van der Waals surface area contributed by atoms with E-state index in [0.29, 0.717) is 12.8 Å². The van der Waals surface area contributed by atoms with E-state index in [9.17, 15) is 22.8 Å². The van der Waals surface area contributed by atoms with Crippen LogP contribution < -0.4 is 11.1 Å². The zero-order valence-electron chi connectivity index (χ0n) is 10.7. The predicted octanol–water partition coefficient (Wildman–Crippen LogP) is 0.252. The summed E-state index contributed by atoms with van der Waals surface area (Å²) in [6.45, 7) is -1.59. The van der Waals surface area contributed by atoms with Crippen LogP contribution in [0.25, 0.3) is 0 Å². The van der Waals surface area contributed by atoms with E-state index in [2.05, 4.69) is 0 Å². The molecule has 1 saturated carbocycles. The maximum atomic E-state index is 12.1. The molecule has 1 aliphatic carbocycles. The third kappa shape index (κ3) is 4.09. The van der Waals surface area contributed by atoms with Crippen LogP contribution in [0.2, 0.25) is 0 Å². The molecule has 0 aromatic carbocycles. The molecule has 0 aromatic heterocycles. The van der Waals surface area contributed by atoms with E-state index < -0.39 is 30.6 Å². The molecule has 110 valence electrons. The summed E-state index contributed by atoms with van der Waals surface area (Å²) in [7, 11) is 1.39. The number of hydrogen-bond acceptors (Lipinski definition) is 3. The number of carbonyl (C=O) groups excluding carboxylic acids is 2. The van der Waals surface area contributed by atoms with Gasteiger partial charge in [-0.05, 0) is 12.8 Å². The second-order valence-electron chi connectivity index (χ2n) is 4.89. The normalized spacial score (nSPS) is 17.5. The molecule has 3 N–H and O–H groups in total. The molecular formula is C11H18F3N3O2. The summed E-state index contributed by atoms with van der Waals surface area (Å²) in [5.74, 6) is -1.11. The Morgan fingerprint density at radius 3 is 2.32 bits per heavy atom. The third-order valence-electron chi connectivity index (χ3n) is 3.37.